The van der Waals surface area contributed by atoms with Gasteiger partial charge in [-0.25, -0.2) is 0 Å². The normalized spacial score (nSPS) is 10.3. The van der Waals surface area contributed by atoms with Crippen LogP contribution in [0.5, 0.6) is 0 Å². The van der Waals surface area contributed by atoms with Gasteiger partial charge >= 0.3 is 0 Å². The highest BCUT2D eigenvalue weighted by Crippen LogP contribution is 2.08. The molecule has 0 rings (SSSR count). The van der Waals surface area contributed by atoms with Crippen molar-refractivity contribution in [2.75, 3.05) is 6.61 Å². The van der Waals surface area contributed by atoms with Crippen LogP contribution in [-0.4, -0.2) is 11.7 Å². The number of hydrogen-bond acceptors (Lipinski definition) is 1. The molecule has 0 unspecified atom stereocenters. The summed E-state index contributed by atoms with van der Waals surface area (Å²) < 4.78 is 0. The van der Waals surface area contributed by atoms with Gasteiger partial charge in [-0.2, -0.15) is 0 Å². The molecule has 88 valence electrons. The monoisotopic (exact) mass is 202 g/mol. The van der Waals surface area contributed by atoms with Crippen molar-refractivity contribution in [2.45, 2.75) is 66.7 Å². The van der Waals surface area contributed by atoms with Crippen molar-refractivity contribution >= 4 is 0 Å². The predicted molar refractivity (Wildman–Crippen MR) is 65.5 cm³/mol. The molecule has 0 amide bonds. The number of hydrogen-bond donors (Lipinski definition) is 1. The smallest absolute Gasteiger partial charge is 0.0431 e. The summed E-state index contributed by atoms with van der Waals surface area (Å²) in [5.41, 5.74) is 0. The number of aliphatic hydroxyl groups is 1. The molecule has 0 aliphatic carbocycles. The molecule has 0 aliphatic heterocycles. The van der Waals surface area contributed by atoms with Crippen LogP contribution in [0.1, 0.15) is 66.7 Å². The van der Waals surface area contributed by atoms with Crippen LogP contribution in [0, 0.1) is 11.8 Å². The minimum absolute atomic E-state index is 0.363. The molecule has 0 saturated heterocycles. The van der Waals surface area contributed by atoms with Crippen LogP contribution in [0.2, 0.25) is 0 Å². The van der Waals surface area contributed by atoms with Gasteiger partial charge in [-0.05, 0) is 18.3 Å². The van der Waals surface area contributed by atoms with Gasteiger partial charge in [0, 0.05) is 6.61 Å². The maximum absolute atomic E-state index is 8.47. The summed E-state index contributed by atoms with van der Waals surface area (Å²) in [6.45, 7) is 11.4. The summed E-state index contributed by atoms with van der Waals surface area (Å²) in [6.07, 6.45) is 6.14. The summed E-state index contributed by atoms with van der Waals surface area (Å²) in [7, 11) is 0. The molecule has 0 aromatic rings. The average Bonchev–Trinajstić information content (AvgIpc) is 2.02. The molecular weight excluding hydrogens is 172 g/mol. The summed E-state index contributed by atoms with van der Waals surface area (Å²) in [5.74, 6) is 1.68. The SMILES string of the molecule is CC(C)C.CC(C)CCCCCCO. The third-order valence-electron chi connectivity index (χ3n) is 1.69. The quantitative estimate of drug-likeness (QED) is 0.638. The van der Waals surface area contributed by atoms with E-state index in [1.807, 2.05) is 0 Å². The lowest BCUT2D eigenvalue weighted by atomic mass is 10.0. The van der Waals surface area contributed by atoms with Crippen molar-refractivity contribution in [3.05, 3.63) is 0 Å². The molecule has 1 heteroatoms. The first-order valence-corrected chi connectivity index (χ1v) is 6.11. The Bertz CT molecular complexity index is 84.5. The van der Waals surface area contributed by atoms with Gasteiger partial charge in [0.1, 0.15) is 0 Å². The van der Waals surface area contributed by atoms with E-state index >= 15 is 0 Å². The van der Waals surface area contributed by atoms with E-state index in [0.717, 1.165) is 18.3 Å². The molecule has 1 nitrogen and oxygen atoms in total. The molecule has 0 fully saturated rings. The number of aliphatic hydroxyl groups excluding tert-OH is 1. The van der Waals surface area contributed by atoms with E-state index in [9.17, 15) is 0 Å². The Morgan fingerprint density at radius 3 is 1.57 bits per heavy atom. The Balaban J connectivity index is 0. The van der Waals surface area contributed by atoms with Gasteiger partial charge in [0.25, 0.3) is 0 Å². The highest BCUT2D eigenvalue weighted by molar-refractivity contribution is 4.46. The number of rotatable bonds is 6. The van der Waals surface area contributed by atoms with Crippen molar-refractivity contribution in [1.29, 1.82) is 0 Å². The molecule has 0 aromatic carbocycles. The first-order chi connectivity index (χ1) is 6.50. The van der Waals surface area contributed by atoms with E-state index < -0.39 is 0 Å². The Morgan fingerprint density at radius 2 is 1.21 bits per heavy atom. The first-order valence-electron chi connectivity index (χ1n) is 6.11. The fourth-order valence-electron chi connectivity index (χ4n) is 1.02. The lowest BCUT2D eigenvalue weighted by Gasteiger charge is -2.02. The highest BCUT2D eigenvalue weighted by Gasteiger charge is 1.93. The predicted octanol–water partition coefficient (Wildman–Crippen LogP) is 4.25. The third kappa shape index (κ3) is 29.7. The lowest BCUT2D eigenvalue weighted by molar-refractivity contribution is 0.282. The molecule has 0 saturated carbocycles. The van der Waals surface area contributed by atoms with Gasteiger partial charge in [-0.15, -0.1) is 0 Å². The van der Waals surface area contributed by atoms with Crippen LogP contribution in [-0.2, 0) is 0 Å². The van der Waals surface area contributed by atoms with Crippen molar-refractivity contribution in [2.24, 2.45) is 11.8 Å². The average molecular weight is 202 g/mol. The van der Waals surface area contributed by atoms with Crippen molar-refractivity contribution in [1.82, 2.24) is 0 Å². The van der Waals surface area contributed by atoms with Crippen LogP contribution < -0.4 is 0 Å². The maximum atomic E-state index is 8.47. The molecule has 0 heterocycles. The van der Waals surface area contributed by atoms with Crippen molar-refractivity contribution < 1.29 is 5.11 Å². The third-order valence-corrected chi connectivity index (χ3v) is 1.69. The lowest BCUT2D eigenvalue weighted by Crippen LogP contribution is -1.88. The van der Waals surface area contributed by atoms with Crippen LogP contribution in [0.4, 0.5) is 0 Å². The van der Waals surface area contributed by atoms with Crippen molar-refractivity contribution in [3.8, 4) is 0 Å². The second kappa shape index (κ2) is 13.0. The van der Waals surface area contributed by atoms with Gasteiger partial charge < -0.3 is 5.11 Å². The molecule has 1 N–H and O–H groups in total. The zero-order valence-electron chi connectivity index (χ0n) is 10.8. The molecule has 0 bridgehead atoms. The van der Waals surface area contributed by atoms with Crippen LogP contribution in [0.25, 0.3) is 0 Å². The van der Waals surface area contributed by atoms with E-state index in [4.69, 9.17) is 5.11 Å². The Labute approximate surface area is 90.9 Å². The second-order valence-corrected chi connectivity index (χ2v) is 5.05. The highest BCUT2D eigenvalue weighted by atomic mass is 16.2. The maximum Gasteiger partial charge on any atom is 0.0431 e. The van der Waals surface area contributed by atoms with Gasteiger partial charge in [0.05, 0.1) is 0 Å². The summed E-state index contributed by atoms with van der Waals surface area (Å²) in [5, 5.41) is 8.47. The largest absolute Gasteiger partial charge is 0.396 e. The molecule has 0 spiro atoms. The van der Waals surface area contributed by atoms with E-state index in [2.05, 4.69) is 34.6 Å². The second-order valence-electron chi connectivity index (χ2n) is 5.05. The van der Waals surface area contributed by atoms with Crippen molar-refractivity contribution in [3.63, 3.8) is 0 Å². The van der Waals surface area contributed by atoms with E-state index in [0.29, 0.717) is 6.61 Å². The van der Waals surface area contributed by atoms with Gasteiger partial charge in [0.2, 0.25) is 0 Å². The van der Waals surface area contributed by atoms with Gasteiger partial charge in [-0.3, -0.25) is 0 Å². The minimum Gasteiger partial charge on any atom is -0.396 e. The molecule has 14 heavy (non-hydrogen) atoms. The standard InChI is InChI=1S/C9H20O.C4H10/c1-9(2)7-5-3-4-6-8-10;1-4(2)3/h9-10H,3-8H2,1-2H3;4H,1-3H3. The minimum atomic E-state index is 0.363. The fourth-order valence-corrected chi connectivity index (χ4v) is 1.02. The van der Waals surface area contributed by atoms with Gasteiger partial charge in [0.15, 0.2) is 0 Å². The van der Waals surface area contributed by atoms with Crippen LogP contribution in [0.15, 0.2) is 0 Å². The Hall–Kier alpha value is -0.0400. The summed E-state index contributed by atoms with van der Waals surface area (Å²) >= 11 is 0. The molecule has 0 radical (unpaired) electrons. The summed E-state index contributed by atoms with van der Waals surface area (Å²) in [6, 6.07) is 0. The first kappa shape index (κ1) is 16.4. The van der Waals surface area contributed by atoms with Crippen LogP contribution in [0.3, 0.4) is 0 Å². The molecule has 0 atom stereocenters. The van der Waals surface area contributed by atoms with E-state index in [1.54, 1.807) is 0 Å². The zero-order valence-corrected chi connectivity index (χ0v) is 10.8. The molecule has 0 aromatic heterocycles. The number of unbranched alkanes of at least 4 members (excludes halogenated alkanes) is 3. The Morgan fingerprint density at radius 1 is 0.786 bits per heavy atom. The fraction of sp³-hybridized carbons (Fsp3) is 1.00. The molecular formula is C13H30O. The van der Waals surface area contributed by atoms with Crippen LogP contribution >= 0.6 is 0 Å². The zero-order chi connectivity index (χ0) is 11.4. The molecule has 0 aliphatic rings. The van der Waals surface area contributed by atoms with E-state index in [-0.39, 0.29) is 0 Å². The van der Waals surface area contributed by atoms with Gasteiger partial charge in [-0.1, -0.05) is 60.3 Å². The van der Waals surface area contributed by atoms with E-state index in [1.165, 1.54) is 25.7 Å². The summed E-state index contributed by atoms with van der Waals surface area (Å²) in [4.78, 5) is 0. The Kier molecular flexibility index (Phi) is 15.2. The topological polar surface area (TPSA) is 20.2 Å².